The fourth-order valence-corrected chi connectivity index (χ4v) is 2.03. The number of hydrogen-bond donors (Lipinski definition) is 2. The van der Waals surface area contributed by atoms with Crippen molar-refractivity contribution in [2.24, 2.45) is 0 Å². The smallest absolute Gasteiger partial charge is 0.251 e. The van der Waals surface area contributed by atoms with Crippen LogP contribution in [0, 0.1) is 0 Å². The maximum absolute atomic E-state index is 11.9. The molecule has 0 atom stereocenters. The van der Waals surface area contributed by atoms with Crippen LogP contribution in [0.3, 0.4) is 0 Å². The number of nitrogens with one attached hydrogen (secondary N) is 2. The minimum atomic E-state index is -0.0705. The summed E-state index contributed by atoms with van der Waals surface area (Å²) in [6, 6.07) is 13.1. The molecule has 3 aromatic rings. The van der Waals surface area contributed by atoms with Crippen molar-refractivity contribution >= 4 is 16.9 Å². The molecular weight excluding hydrogens is 238 g/mol. The standard InChI is InChI=1S/C15H13N3O/c19-15(11-5-2-1-3-6-11)18-10-12-9-17-14-13(12)7-4-8-16-14/h1-9H,10H2,(H,16,17)(H,18,19). The third-order valence-electron chi connectivity index (χ3n) is 3.01. The van der Waals surface area contributed by atoms with Crippen LogP contribution < -0.4 is 5.32 Å². The zero-order valence-electron chi connectivity index (χ0n) is 10.3. The maximum Gasteiger partial charge on any atom is 0.251 e. The molecule has 0 aliphatic heterocycles. The van der Waals surface area contributed by atoms with Crippen molar-refractivity contribution in [3.63, 3.8) is 0 Å². The molecule has 2 heterocycles. The number of aromatic nitrogens is 2. The molecule has 19 heavy (non-hydrogen) atoms. The first-order valence-electron chi connectivity index (χ1n) is 6.09. The van der Waals surface area contributed by atoms with E-state index >= 15 is 0 Å². The molecule has 2 aromatic heterocycles. The average molecular weight is 251 g/mol. The zero-order chi connectivity index (χ0) is 13.1. The topological polar surface area (TPSA) is 57.8 Å². The number of nitrogens with zero attached hydrogens (tertiary/aromatic N) is 1. The lowest BCUT2D eigenvalue weighted by molar-refractivity contribution is 0.0951. The highest BCUT2D eigenvalue weighted by atomic mass is 16.1. The van der Waals surface area contributed by atoms with Gasteiger partial charge in [-0.1, -0.05) is 18.2 Å². The van der Waals surface area contributed by atoms with Crippen LogP contribution in [0.4, 0.5) is 0 Å². The van der Waals surface area contributed by atoms with E-state index in [4.69, 9.17) is 0 Å². The molecule has 0 fully saturated rings. The number of pyridine rings is 1. The molecule has 2 N–H and O–H groups in total. The quantitative estimate of drug-likeness (QED) is 0.751. The molecule has 0 unspecified atom stereocenters. The van der Waals surface area contributed by atoms with Gasteiger partial charge in [0, 0.05) is 29.9 Å². The fourth-order valence-electron chi connectivity index (χ4n) is 2.03. The third kappa shape index (κ3) is 2.33. The summed E-state index contributed by atoms with van der Waals surface area (Å²) in [4.78, 5) is 19.2. The molecule has 4 nitrogen and oxygen atoms in total. The molecule has 1 amide bonds. The van der Waals surface area contributed by atoms with E-state index in [9.17, 15) is 4.79 Å². The van der Waals surface area contributed by atoms with Gasteiger partial charge < -0.3 is 10.3 Å². The molecule has 3 rings (SSSR count). The van der Waals surface area contributed by atoms with Crippen molar-refractivity contribution in [3.05, 3.63) is 66.0 Å². The van der Waals surface area contributed by atoms with Gasteiger partial charge in [0.1, 0.15) is 5.65 Å². The number of amides is 1. The van der Waals surface area contributed by atoms with Crippen LogP contribution in [-0.2, 0) is 6.54 Å². The molecule has 0 saturated heterocycles. The Balaban J connectivity index is 1.75. The lowest BCUT2D eigenvalue weighted by Crippen LogP contribution is -2.22. The second-order valence-electron chi connectivity index (χ2n) is 4.26. The van der Waals surface area contributed by atoms with E-state index in [1.807, 2.05) is 36.5 Å². The highest BCUT2D eigenvalue weighted by molar-refractivity contribution is 5.94. The van der Waals surface area contributed by atoms with Gasteiger partial charge in [0.05, 0.1) is 0 Å². The summed E-state index contributed by atoms with van der Waals surface area (Å²) in [6.45, 7) is 0.486. The summed E-state index contributed by atoms with van der Waals surface area (Å²) in [6.07, 6.45) is 3.62. The predicted molar refractivity (Wildman–Crippen MR) is 73.7 cm³/mol. The van der Waals surface area contributed by atoms with Gasteiger partial charge in [-0.05, 0) is 29.8 Å². The number of aromatic amines is 1. The molecule has 0 radical (unpaired) electrons. The molecular formula is C15H13N3O. The highest BCUT2D eigenvalue weighted by Gasteiger charge is 2.07. The lowest BCUT2D eigenvalue weighted by Gasteiger charge is -2.04. The summed E-state index contributed by atoms with van der Waals surface area (Å²) in [5, 5.41) is 3.94. The van der Waals surface area contributed by atoms with E-state index in [0.29, 0.717) is 12.1 Å². The highest BCUT2D eigenvalue weighted by Crippen LogP contribution is 2.15. The molecule has 4 heteroatoms. The number of carbonyl (C=O) groups is 1. The van der Waals surface area contributed by atoms with Crippen LogP contribution >= 0.6 is 0 Å². The molecule has 0 saturated carbocycles. The second-order valence-corrected chi connectivity index (χ2v) is 4.26. The van der Waals surface area contributed by atoms with Crippen molar-refractivity contribution < 1.29 is 4.79 Å². The van der Waals surface area contributed by atoms with Gasteiger partial charge in [-0.2, -0.15) is 0 Å². The Morgan fingerprint density at radius 3 is 2.84 bits per heavy atom. The van der Waals surface area contributed by atoms with E-state index in [0.717, 1.165) is 16.6 Å². The average Bonchev–Trinajstić information content (AvgIpc) is 2.89. The Morgan fingerprint density at radius 2 is 2.00 bits per heavy atom. The largest absolute Gasteiger partial charge is 0.348 e. The van der Waals surface area contributed by atoms with Crippen molar-refractivity contribution in [2.45, 2.75) is 6.54 Å². The first kappa shape index (κ1) is 11.5. The number of benzene rings is 1. The normalized spacial score (nSPS) is 10.5. The van der Waals surface area contributed by atoms with Gasteiger partial charge in [-0.25, -0.2) is 4.98 Å². The van der Waals surface area contributed by atoms with Crippen LogP contribution in [0.5, 0.6) is 0 Å². The minimum absolute atomic E-state index is 0.0705. The minimum Gasteiger partial charge on any atom is -0.348 e. The molecule has 0 aliphatic carbocycles. The third-order valence-corrected chi connectivity index (χ3v) is 3.01. The first-order valence-corrected chi connectivity index (χ1v) is 6.09. The summed E-state index contributed by atoms with van der Waals surface area (Å²) < 4.78 is 0. The predicted octanol–water partition coefficient (Wildman–Crippen LogP) is 2.49. The van der Waals surface area contributed by atoms with Crippen molar-refractivity contribution in [1.82, 2.24) is 15.3 Å². The SMILES string of the molecule is O=C(NCc1c[nH]c2ncccc12)c1ccccc1. The van der Waals surface area contributed by atoms with Gasteiger partial charge in [0.2, 0.25) is 0 Å². The Morgan fingerprint density at radius 1 is 1.16 bits per heavy atom. The fraction of sp³-hybridized carbons (Fsp3) is 0.0667. The van der Waals surface area contributed by atoms with Crippen LogP contribution in [0.1, 0.15) is 15.9 Å². The zero-order valence-corrected chi connectivity index (χ0v) is 10.3. The Labute approximate surface area is 110 Å². The summed E-state index contributed by atoms with van der Waals surface area (Å²) in [7, 11) is 0. The van der Waals surface area contributed by atoms with E-state index in [2.05, 4.69) is 15.3 Å². The Kier molecular flexibility index (Phi) is 2.98. The number of H-pyrrole nitrogens is 1. The van der Waals surface area contributed by atoms with Crippen molar-refractivity contribution in [1.29, 1.82) is 0 Å². The van der Waals surface area contributed by atoms with Gasteiger partial charge >= 0.3 is 0 Å². The summed E-state index contributed by atoms with van der Waals surface area (Å²) in [5.41, 5.74) is 2.54. The van der Waals surface area contributed by atoms with Crippen LogP contribution in [0.15, 0.2) is 54.9 Å². The van der Waals surface area contributed by atoms with Crippen LogP contribution in [0.2, 0.25) is 0 Å². The monoisotopic (exact) mass is 251 g/mol. The van der Waals surface area contributed by atoms with Crippen LogP contribution in [0.25, 0.3) is 11.0 Å². The molecule has 0 aliphatic rings. The summed E-state index contributed by atoms with van der Waals surface area (Å²) in [5.74, 6) is -0.0705. The van der Waals surface area contributed by atoms with E-state index < -0.39 is 0 Å². The van der Waals surface area contributed by atoms with Gasteiger partial charge in [0.15, 0.2) is 0 Å². The van der Waals surface area contributed by atoms with Crippen LogP contribution in [-0.4, -0.2) is 15.9 Å². The molecule has 0 bridgehead atoms. The van der Waals surface area contributed by atoms with Gasteiger partial charge in [0.25, 0.3) is 5.91 Å². The van der Waals surface area contributed by atoms with E-state index in [1.54, 1.807) is 18.3 Å². The molecule has 0 spiro atoms. The lowest BCUT2D eigenvalue weighted by atomic mass is 10.2. The van der Waals surface area contributed by atoms with Gasteiger partial charge in [-0.15, -0.1) is 0 Å². The second kappa shape index (κ2) is 4.94. The maximum atomic E-state index is 11.9. The number of rotatable bonds is 3. The number of hydrogen-bond acceptors (Lipinski definition) is 2. The van der Waals surface area contributed by atoms with Crippen molar-refractivity contribution in [3.8, 4) is 0 Å². The molecule has 94 valence electrons. The number of carbonyl (C=O) groups excluding carboxylic acids is 1. The van der Waals surface area contributed by atoms with Gasteiger partial charge in [-0.3, -0.25) is 4.79 Å². The first-order chi connectivity index (χ1) is 9.34. The van der Waals surface area contributed by atoms with E-state index in [1.165, 1.54) is 0 Å². The Bertz CT molecular complexity index is 703. The molecule has 1 aromatic carbocycles. The number of fused-ring (bicyclic) bond motifs is 1. The Hall–Kier alpha value is -2.62. The summed E-state index contributed by atoms with van der Waals surface area (Å²) >= 11 is 0. The van der Waals surface area contributed by atoms with Crippen molar-refractivity contribution in [2.75, 3.05) is 0 Å². The van der Waals surface area contributed by atoms with E-state index in [-0.39, 0.29) is 5.91 Å².